The van der Waals surface area contributed by atoms with Gasteiger partial charge in [-0.25, -0.2) is 9.97 Å². The molecule has 382 valence electrons. The van der Waals surface area contributed by atoms with Crippen LogP contribution in [0.2, 0.25) is 0 Å². The summed E-state index contributed by atoms with van der Waals surface area (Å²) in [5.41, 5.74) is 25.5. The molecule has 0 aliphatic heterocycles. The number of benzene rings is 8. The first-order chi connectivity index (χ1) is 36.2. The summed E-state index contributed by atoms with van der Waals surface area (Å²) in [6.45, 7) is 22.7. The average molecular weight is 1170 g/mol. The first kappa shape index (κ1) is 50.8. The normalized spacial score (nSPS) is 12.4. The summed E-state index contributed by atoms with van der Waals surface area (Å²) in [4.78, 5) is 11.4. The number of pyridine rings is 1. The van der Waals surface area contributed by atoms with Gasteiger partial charge in [-0.15, -0.1) is 23.8 Å². The molecule has 8 aromatic carbocycles. The molecule has 0 atom stereocenters. The van der Waals surface area contributed by atoms with Crippen LogP contribution in [0.5, 0.6) is 5.75 Å². The number of hydrogen-bond acceptors (Lipinski definition) is 4. The number of aromatic hydroxyl groups is 1. The zero-order valence-corrected chi connectivity index (χ0v) is 47.4. The van der Waals surface area contributed by atoms with Crippen molar-refractivity contribution in [3.05, 3.63) is 202 Å². The molecule has 0 saturated carbocycles. The first-order valence-electron chi connectivity index (χ1n) is 26.9. The largest absolute Gasteiger partial charge is 0.507 e. The summed E-state index contributed by atoms with van der Waals surface area (Å²) in [5.74, 6) is 2.33. The van der Waals surface area contributed by atoms with Crippen LogP contribution in [0, 0.1) is 19.9 Å². The molecule has 5 nitrogen and oxygen atoms in total. The van der Waals surface area contributed by atoms with Gasteiger partial charge in [-0.1, -0.05) is 182 Å². The Morgan fingerprint density at radius 3 is 1.75 bits per heavy atom. The van der Waals surface area contributed by atoms with Crippen molar-refractivity contribution in [1.82, 2.24) is 14.5 Å². The number of fused-ring (bicyclic) bond motifs is 7. The first-order valence-corrected chi connectivity index (χ1v) is 26.9. The van der Waals surface area contributed by atoms with Gasteiger partial charge in [0.2, 0.25) is 0 Å². The van der Waals surface area contributed by atoms with Crippen molar-refractivity contribution in [2.24, 2.45) is 0 Å². The summed E-state index contributed by atoms with van der Waals surface area (Å²) in [5, 5.41) is 13.5. The van der Waals surface area contributed by atoms with E-state index >= 15 is 0 Å². The van der Waals surface area contributed by atoms with Crippen molar-refractivity contribution >= 4 is 33.0 Å². The van der Waals surface area contributed by atoms with Crippen LogP contribution in [-0.4, -0.2) is 19.6 Å². The third kappa shape index (κ3) is 8.71. The molecule has 0 radical (unpaired) electrons. The minimum absolute atomic E-state index is 0. The summed E-state index contributed by atoms with van der Waals surface area (Å²) in [6.07, 6.45) is 1.70. The molecule has 11 aromatic rings. The molecule has 6 heteroatoms. The van der Waals surface area contributed by atoms with Crippen molar-refractivity contribution in [2.45, 2.75) is 106 Å². The molecule has 0 unspecified atom stereocenters. The molecule has 0 saturated heterocycles. The van der Waals surface area contributed by atoms with Crippen molar-refractivity contribution in [2.75, 3.05) is 0 Å². The van der Waals surface area contributed by atoms with E-state index in [0.29, 0.717) is 23.7 Å². The van der Waals surface area contributed by atoms with E-state index in [1.54, 1.807) is 6.07 Å². The number of para-hydroxylation sites is 2. The molecular weight excluding hydrogens is 1110 g/mol. The Labute approximate surface area is 462 Å². The van der Waals surface area contributed by atoms with Gasteiger partial charge in [-0.05, 0) is 153 Å². The maximum atomic E-state index is 11.4. The number of phenolic OH excluding ortho intramolecular Hbond substituents is 1. The third-order valence-electron chi connectivity index (χ3n) is 15.9. The molecule has 1 aliphatic carbocycles. The van der Waals surface area contributed by atoms with E-state index in [9.17, 15) is 5.11 Å². The maximum Gasteiger partial charge on any atom is 0.163 e. The summed E-state index contributed by atoms with van der Waals surface area (Å²) >= 11 is 0. The Bertz CT molecular complexity index is 3920. The van der Waals surface area contributed by atoms with Gasteiger partial charge in [-0.2, -0.15) is 0 Å². The van der Waals surface area contributed by atoms with Crippen LogP contribution in [0.4, 0.5) is 0 Å². The van der Waals surface area contributed by atoms with Crippen LogP contribution < -0.4 is 0 Å². The van der Waals surface area contributed by atoms with Crippen molar-refractivity contribution in [1.29, 1.82) is 0 Å². The third-order valence-corrected chi connectivity index (χ3v) is 15.9. The van der Waals surface area contributed by atoms with E-state index in [-0.39, 0.29) is 26.8 Å². The Balaban J connectivity index is 0.00000616. The number of hydrogen-bond donors (Lipinski definition) is 1. The summed E-state index contributed by atoms with van der Waals surface area (Å²) in [6, 6.07) is 59.0. The second kappa shape index (κ2) is 20.0. The summed E-state index contributed by atoms with van der Waals surface area (Å²) in [7, 11) is 0. The standard InChI is InChI=1S/C70H64N3O2.Pt/c1-39(2)48-32-49(40(3)4)35-52(34-48)54-20-15-21-55(53-36-50(41(5)6)33-51(37-53)42(7)8)66(54)57-28-30-60-68(64(57)47-27-31-63-58(38-47)56-19-11-12-23-62(56)75-63)72-70(73(60)69-43(9)16-13-17-44(69)10)59-29-26-46-25-24-45-18-14-22-61(74)65(45)67(46)71-59;/h11-23,26,28-42,74H,24-25H2,1-10H3;/q-1;. The van der Waals surface area contributed by atoms with E-state index in [2.05, 4.69) is 201 Å². The molecule has 0 bridgehead atoms. The topological polar surface area (TPSA) is 64.1 Å². The number of furan rings is 1. The molecule has 3 heterocycles. The molecule has 0 fully saturated rings. The number of imidazole rings is 1. The summed E-state index contributed by atoms with van der Waals surface area (Å²) < 4.78 is 8.82. The van der Waals surface area contributed by atoms with E-state index in [4.69, 9.17) is 14.4 Å². The molecule has 0 spiro atoms. The molecular formula is C70H64N3O2Pt-. The van der Waals surface area contributed by atoms with Crippen molar-refractivity contribution in [3.8, 4) is 78.7 Å². The predicted molar refractivity (Wildman–Crippen MR) is 312 cm³/mol. The van der Waals surface area contributed by atoms with Gasteiger partial charge in [0.05, 0.1) is 28.0 Å². The van der Waals surface area contributed by atoms with E-state index < -0.39 is 0 Å². The molecule has 1 aliphatic rings. The molecule has 12 rings (SSSR count). The van der Waals surface area contributed by atoms with Crippen LogP contribution in [0.3, 0.4) is 0 Å². The monoisotopic (exact) mass is 1170 g/mol. The van der Waals surface area contributed by atoms with E-state index in [1.807, 2.05) is 24.3 Å². The number of aromatic nitrogens is 3. The second-order valence-corrected chi connectivity index (χ2v) is 22.2. The van der Waals surface area contributed by atoms with Crippen LogP contribution in [0.1, 0.15) is 124 Å². The quantitative estimate of drug-likeness (QED) is 0.139. The zero-order chi connectivity index (χ0) is 52.0. The van der Waals surface area contributed by atoms with Gasteiger partial charge in [0.15, 0.2) is 5.82 Å². The molecule has 3 aromatic heterocycles. The van der Waals surface area contributed by atoms with Crippen LogP contribution >= 0.6 is 0 Å². The minimum atomic E-state index is 0. The molecule has 1 N–H and O–H groups in total. The van der Waals surface area contributed by atoms with Crippen LogP contribution in [-0.2, 0) is 33.9 Å². The second-order valence-electron chi connectivity index (χ2n) is 22.2. The van der Waals surface area contributed by atoms with Gasteiger partial charge in [0.25, 0.3) is 0 Å². The fraction of sp³-hybridized carbons (Fsp3) is 0.229. The van der Waals surface area contributed by atoms with Gasteiger partial charge >= 0.3 is 0 Å². The Morgan fingerprint density at radius 2 is 1.12 bits per heavy atom. The van der Waals surface area contributed by atoms with Gasteiger partial charge < -0.3 is 9.52 Å². The van der Waals surface area contributed by atoms with Crippen molar-refractivity contribution in [3.63, 3.8) is 0 Å². The zero-order valence-electron chi connectivity index (χ0n) is 45.2. The SMILES string of the molecule is Cc1cccc(C)c1-n1c(-c2ccc3c(n2)-c2c(O)cccc2CC3)nc2c(-c3[c-]cc4oc5ccccc5c4c3)c(-c3c(-c4cc(C(C)C)cc(C(C)C)c4)cccc3-c3cc(C(C)C)cc(C(C)C)c3)ccc21.[Pt]. The van der Waals surface area contributed by atoms with Gasteiger partial charge in [0, 0.05) is 32.0 Å². The average Bonchev–Trinajstić information content (AvgIpc) is 4.02. The van der Waals surface area contributed by atoms with Crippen LogP contribution in [0.15, 0.2) is 156 Å². The maximum absolute atomic E-state index is 11.4. The van der Waals surface area contributed by atoms with E-state index in [0.717, 1.165) is 130 Å². The number of aryl methyl sites for hydroxylation is 4. The number of phenols is 1. The minimum Gasteiger partial charge on any atom is -0.507 e. The fourth-order valence-corrected chi connectivity index (χ4v) is 11.7. The fourth-order valence-electron chi connectivity index (χ4n) is 11.7. The van der Waals surface area contributed by atoms with Crippen molar-refractivity contribution < 1.29 is 30.6 Å². The number of rotatable bonds is 10. The molecule has 0 amide bonds. The van der Waals surface area contributed by atoms with E-state index in [1.165, 1.54) is 33.4 Å². The number of nitrogens with zero attached hydrogens (tertiary/aromatic N) is 3. The smallest absolute Gasteiger partial charge is 0.163 e. The van der Waals surface area contributed by atoms with Gasteiger partial charge in [0.1, 0.15) is 17.0 Å². The van der Waals surface area contributed by atoms with Crippen LogP contribution in [0.25, 0.3) is 106 Å². The Kier molecular flexibility index (Phi) is 13.4. The Morgan fingerprint density at radius 1 is 0.526 bits per heavy atom. The Hall–Kier alpha value is -7.33. The molecule has 76 heavy (non-hydrogen) atoms. The van der Waals surface area contributed by atoms with Gasteiger partial charge in [-0.3, -0.25) is 4.57 Å². The predicted octanol–water partition coefficient (Wildman–Crippen LogP) is 19.0.